The number of carbonyl (C=O) groups excluding carboxylic acids is 3. The Bertz CT molecular complexity index is 1310. The second-order valence-corrected chi connectivity index (χ2v) is 16.1. The zero-order valence-corrected chi connectivity index (χ0v) is 39.8. The van der Waals surface area contributed by atoms with Gasteiger partial charge in [-0.15, -0.1) is 0 Å². The van der Waals surface area contributed by atoms with Gasteiger partial charge in [-0.2, -0.15) is 0 Å². The lowest BCUT2D eigenvalue weighted by atomic mass is 10.1. The maximum absolute atomic E-state index is 12.8. The fourth-order valence-electron chi connectivity index (χ4n) is 6.41. The molecule has 0 saturated heterocycles. The number of ether oxygens (including phenoxy) is 3. The molecule has 0 spiro atoms. The molecule has 0 aromatic rings. The summed E-state index contributed by atoms with van der Waals surface area (Å²) in [6.45, 7) is 6.29. The van der Waals surface area contributed by atoms with Crippen molar-refractivity contribution in [1.82, 2.24) is 0 Å². The van der Waals surface area contributed by atoms with Crippen LogP contribution in [0.4, 0.5) is 0 Å². The van der Waals surface area contributed by atoms with E-state index in [1.807, 2.05) is 48.6 Å². The summed E-state index contributed by atoms with van der Waals surface area (Å²) < 4.78 is 16.7. The Labute approximate surface area is 380 Å². The number of allylic oxidation sites excluding steroid dienone is 18. The molecule has 6 nitrogen and oxygen atoms in total. The molecular weight excluding hydrogens is 769 g/mol. The molecule has 62 heavy (non-hydrogen) atoms. The van der Waals surface area contributed by atoms with Crippen molar-refractivity contribution in [1.29, 1.82) is 0 Å². The Hall–Kier alpha value is -3.93. The third-order valence-electron chi connectivity index (χ3n) is 10.1. The van der Waals surface area contributed by atoms with Crippen molar-refractivity contribution in [3.05, 3.63) is 109 Å². The van der Waals surface area contributed by atoms with E-state index in [9.17, 15) is 14.4 Å². The van der Waals surface area contributed by atoms with Crippen LogP contribution in [0.5, 0.6) is 0 Å². The smallest absolute Gasteiger partial charge is 0.306 e. The first-order valence-corrected chi connectivity index (χ1v) is 25.0. The van der Waals surface area contributed by atoms with E-state index in [4.69, 9.17) is 14.2 Å². The van der Waals surface area contributed by atoms with Gasteiger partial charge in [0.15, 0.2) is 6.10 Å². The molecule has 0 heterocycles. The molecule has 0 N–H and O–H groups in total. The van der Waals surface area contributed by atoms with Gasteiger partial charge in [0.1, 0.15) is 13.2 Å². The zero-order valence-electron chi connectivity index (χ0n) is 39.8. The van der Waals surface area contributed by atoms with Crippen LogP contribution in [0.1, 0.15) is 207 Å². The highest BCUT2D eigenvalue weighted by Crippen LogP contribution is 2.13. The molecule has 0 aliphatic heterocycles. The quantitative estimate of drug-likeness (QED) is 0.0200. The molecule has 0 aliphatic rings. The van der Waals surface area contributed by atoms with Gasteiger partial charge in [-0.25, -0.2) is 0 Å². The Morgan fingerprint density at radius 1 is 0.355 bits per heavy atom. The van der Waals surface area contributed by atoms with Crippen LogP contribution in [0.15, 0.2) is 109 Å². The predicted molar refractivity (Wildman–Crippen MR) is 265 cm³/mol. The normalized spacial score (nSPS) is 13.0. The predicted octanol–water partition coefficient (Wildman–Crippen LogP) is 16.4. The van der Waals surface area contributed by atoms with E-state index >= 15 is 0 Å². The molecule has 0 fully saturated rings. The van der Waals surface area contributed by atoms with Gasteiger partial charge in [0.05, 0.1) is 0 Å². The summed E-state index contributed by atoms with van der Waals surface area (Å²) >= 11 is 0. The lowest BCUT2D eigenvalue weighted by Crippen LogP contribution is -2.30. The average Bonchev–Trinajstić information content (AvgIpc) is 3.27. The third kappa shape index (κ3) is 47.1. The fourth-order valence-corrected chi connectivity index (χ4v) is 6.41. The molecule has 1 atom stereocenters. The number of hydrogen-bond acceptors (Lipinski definition) is 6. The molecule has 6 heteroatoms. The average molecular weight is 859 g/mol. The first-order valence-electron chi connectivity index (χ1n) is 25.0. The van der Waals surface area contributed by atoms with E-state index in [2.05, 4.69) is 81.5 Å². The Morgan fingerprint density at radius 3 is 1.18 bits per heavy atom. The topological polar surface area (TPSA) is 78.9 Å². The first kappa shape index (κ1) is 58.1. The van der Waals surface area contributed by atoms with Crippen LogP contribution in [0.25, 0.3) is 0 Å². The van der Waals surface area contributed by atoms with Crippen molar-refractivity contribution < 1.29 is 28.6 Å². The third-order valence-corrected chi connectivity index (χ3v) is 10.1. The van der Waals surface area contributed by atoms with Gasteiger partial charge in [0.25, 0.3) is 0 Å². The maximum atomic E-state index is 12.8. The molecule has 0 aliphatic carbocycles. The van der Waals surface area contributed by atoms with E-state index < -0.39 is 6.10 Å². The zero-order chi connectivity index (χ0) is 45.1. The number of esters is 3. The fraction of sp³-hybridized carbons (Fsp3) is 0.625. The van der Waals surface area contributed by atoms with E-state index in [-0.39, 0.29) is 37.5 Å². The van der Waals surface area contributed by atoms with E-state index in [0.29, 0.717) is 19.3 Å². The Balaban J connectivity index is 4.50. The van der Waals surface area contributed by atoms with Gasteiger partial charge >= 0.3 is 17.9 Å². The summed E-state index contributed by atoms with van der Waals surface area (Å²) in [5.74, 6) is -0.979. The standard InChI is InChI=1S/C56H90O6/c1-4-7-10-13-16-19-22-25-27-28-30-31-34-37-40-43-46-49-55(58)61-52-53(51-60-54(57)48-45-42-39-36-33-24-21-18-15-12-9-6-3)62-56(59)50-47-44-41-38-35-32-29-26-23-20-17-14-11-8-5-2/h8-9,11-12,14,16-21,23,25-27,29,32,35,53H,4-7,10,13,15,22,24,28,30-31,33-34,36-52H2,1-3H3/b11-8-,12-9-,17-14-,19-16-,21-18-,23-20-,27-25-,29-26-,35-32-. The van der Waals surface area contributed by atoms with Crippen LogP contribution in [0.3, 0.4) is 0 Å². The molecule has 0 rings (SSSR count). The lowest BCUT2D eigenvalue weighted by molar-refractivity contribution is -0.167. The summed E-state index contributed by atoms with van der Waals surface area (Å²) in [6, 6.07) is 0. The van der Waals surface area contributed by atoms with Crippen molar-refractivity contribution in [3.63, 3.8) is 0 Å². The highest BCUT2D eigenvalue weighted by molar-refractivity contribution is 5.71. The van der Waals surface area contributed by atoms with Crippen molar-refractivity contribution in [3.8, 4) is 0 Å². The summed E-state index contributed by atoms with van der Waals surface area (Å²) in [7, 11) is 0. The Kier molecular flexibility index (Phi) is 46.6. The number of hydrogen-bond donors (Lipinski definition) is 0. The lowest BCUT2D eigenvalue weighted by Gasteiger charge is -2.18. The minimum Gasteiger partial charge on any atom is -0.462 e. The van der Waals surface area contributed by atoms with Gasteiger partial charge in [0.2, 0.25) is 0 Å². The molecule has 0 saturated carbocycles. The number of unbranched alkanes of at least 4 members (excludes halogenated alkanes) is 18. The molecule has 0 radical (unpaired) electrons. The van der Waals surface area contributed by atoms with Gasteiger partial charge < -0.3 is 14.2 Å². The first-order chi connectivity index (χ1) is 30.5. The second kappa shape index (κ2) is 49.7. The van der Waals surface area contributed by atoms with Gasteiger partial charge in [-0.1, -0.05) is 201 Å². The molecule has 350 valence electrons. The molecular formula is C56H90O6. The van der Waals surface area contributed by atoms with Gasteiger partial charge in [-0.05, 0) is 96.3 Å². The van der Waals surface area contributed by atoms with E-state index in [1.165, 1.54) is 51.4 Å². The monoisotopic (exact) mass is 859 g/mol. The van der Waals surface area contributed by atoms with Crippen LogP contribution >= 0.6 is 0 Å². The number of rotatable bonds is 43. The maximum Gasteiger partial charge on any atom is 0.306 e. The summed E-state index contributed by atoms with van der Waals surface area (Å²) in [5, 5.41) is 0. The molecule has 1 unspecified atom stereocenters. The van der Waals surface area contributed by atoms with E-state index in [1.54, 1.807) is 0 Å². The van der Waals surface area contributed by atoms with Crippen molar-refractivity contribution in [2.75, 3.05) is 13.2 Å². The summed E-state index contributed by atoms with van der Waals surface area (Å²) in [4.78, 5) is 37.9. The summed E-state index contributed by atoms with van der Waals surface area (Å²) in [5.41, 5.74) is 0. The van der Waals surface area contributed by atoms with Crippen LogP contribution in [-0.2, 0) is 28.6 Å². The van der Waals surface area contributed by atoms with Crippen LogP contribution in [-0.4, -0.2) is 37.2 Å². The SMILES string of the molecule is CC\C=C/C=C\C=C/C=C\C=C/CCCCCC(=O)OC(COC(=O)CCCCCCC/C=C\C/C=C\CC)COC(=O)CCCCCCCCC/C=C\C/C=C\CCCCC. The summed E-state index contributed by atoms with van der Waals surface area (Å²) in [6.07, 6.45) is 66.4. The van der Waals surface area contributed by atoms with Crippen molar-refractivity contribution in [2.45, 2.75) is 213 Å². The van der Waals surface area contributed by atoms with Crippen LogP contribution < -0.4 is 0 Å². The van der Waals surface area contributed by atoms with E-state index in [0.717, 1.165) is 109 Å². The molecule has 0 aromatic carbocycles. The van der Waals surface area contributed by atoms with Crippen molar-refractivity contribution >= 4 is 17.9 Å². The van der Waals surface area contributed by atoms with Crippen LogP contribution in [0, 0.1) is 0 Å². The van der Waals surface area contributed by atoms with Gasteiger partial charge in [-0.3, -0.25) is 14.4 Å². The largest absolute Gasteiger partial charge is 0.462 e. The highest BCUT2D eigenvalue weighted by atomic mass is 16.6. The minimum atomic E-state index is -0.810. The second-order valence-electron chi connectivity index (χ2n) is 16.1. The highest BCUT2D eigenvalue weighted by Gasteiger charge is 2.19. The minimum absolute atomic E-state index is 0.107. The Morgan fingerprint density at radius 2 is 0.710 bits per heavy atom. The van der Waals surface area contributed by atoms with Gasteiger partial charge in [0, 0.05) is 19.3 Å². The van der Waals surface area contributed by atoms with Crippen LogP contribution in [0.2, 0.25) is 0 Å². The van der Waals surface area contributed by atoms with Crippen molar-refractivity contribution in [2.24, 2.45) is 0 Å². The molecule has 0 amide bonds. The number of carbonyl (C=O) groups is 3. The molecule has 0 aromatic heterocycles. The molecule has 0 bridgehead atoms.